The van der Waals surface area contributed by atoms with Crippen molar-refractivity contribution in [2.24, 2.45) is 0 Å². The topological polar surface area (TPSA) is 49.2 Å². The fraction of sp³-hybridized carbons (Fsp3) is 0.778. The molecular formula is C9H17N3OS2. The van der Waals surface area contributed by atoms with E-state index in [1.54, 1.807) is 36.9 Å². The van der Waals surface area contributed by atoms with Gasteiger partial charge in [0, 0.05) is 6.54 Å². The molecule has 0 aliphatic heterocycles. The molecule has 0 unspecified atom stereocenters. The van der Waals surface area contributed by atoms with E-state index in [2.05, 4.69) is 10.2 Å². The van der Waals surface area contributed by atoms with Crippen molar-refractivity contribution in [3.8, 4) is 0 Å². The number of aromatic nitrogens is 2. The summed E-state index contributed by atoms with van der Waals surface area (Å²) in [6.07, 6.45) is 1.99. The van der Waals surface area contributed by atoms with Crippen molar-refractivity contribution in [2.75, 3.05) is 19.8 Å². The second-order valence-corrected chi connectivity index (χ2v) is 6.27. The molecule has 0 spiro atoms. The summed E-state index contributed by atoms with van der Waals surface area (Å²) in [6, 6.07) is 0. The molecule has 86 valence electrons. The fourth-order valence-corrected chi connectivity index (χ4v) is 2.73. The van der Waals surface area contributed by atoms with Crippen molar-refractivity contribution in [3.05, 3.63) is 5.01 Å². The van der Waals surface area contributed by atoms with Crippen molar-refractivity contribution < 1.29 is 5.11 Å². The number of aliphatic hydroxyl groups is 1. The lowest BCUT2D eigenvalue weighted by Crippen LogP contribution is -2.35. The summed E-state index contributed by atoms with van der Waals surface area (Å²) in [5, 5.41) is 18.7. The molecule has 0 aliphatic rings. The van der Waals surface area contributed by atoms with Crippen LogP contribution >= 0.6 is 23.1 Å². The highest BCUT2D eigenvalue weighted by Crippen LogP contribution is 2.20. The SMILES string of the molecule is CSc1nnc(CN(C)CC(C)(C)O)s1. The Kier molecular flexibility index (Phi) is 4.51. The first-order valence-electron chi connectivity index (χ1n) is 4.68. The van der Waals surface area contributed by atoms with Gasteiger partial charge < -0.3 is 5.11 Å². The van der Waals surface area contributed by atoms with Crippen LogP contribution in [-0.4, -0.2) is 45.7 Å². The number of rotatable bonds is 5. The van der Waals surface area contributed by atoms with Crippen LogP contribution in [0.1, 0.15) is 18.9 Å². The third-order valence-electron chi connectivity index (χ3n) is 1.68. The maximum Gasteiger partial charge on any atom is 0.174 e. The third kappa shape index (κ3) is 4.92. The Morgan fingerprint density at radius 2 is 2.13 bits per heavy atom. The Balaban J connectivity index is 2.47. The summed E-state index contributed by atoms with van der Waals surface area (Å²) >= 11 is 3.21. The normalized spacial score (nSPS) is 12.4. The number of likely N-dealkylation sites (N-methyl/N-ethyl adjacent to an activating group) is 1. The summed E-state index contributed by atoms with van der Waals surface area (Å²) in [7, 11) is 1.97. The Labute approximate surface area is 98.7 Å². The predicted octanol–water partition coefficient (Wildman–Crippen LogP) is 1.46. The van der Waals surface area contributed by atoms with Crippen molar-refractivity contribution in [3.63, 3.8) is 0 Å². The van der Waals surface area contributed by atoms with E-state index in [4.69, 9.17) is 0 Å². The molecule has 0 aliphatic carbocycles. The molecule has 1 aromatic rings. The van der Waals surface area contributed by atoms with Crippen LogP contribution in [0.3, 0.4) is 0 Å². The molecule has 4 nitrogen and oxygen atoms in total. The predicted molar refractivity (Wildman–Crippen MR) is 64.3 cm³/mol. The van der Waals surface area contributed by atoms with E-state index < -0.39 is 5.60 Å². The molecule has 0 saturated carbocycles. The van der Waals surface area contributed by atoms with Gasteiger partial charge in [0.25, 0.3) is 0 Å². The molecule has 1 heterocycles. The zero-order valence-electron chi connectivity index (χ0n) is 9.52. The average Bonchev–Trinajstić information content (AvgIpc) is 2.48. The minimum atomic E-state index is -0.665. The maximum absolute atomic E-state index is 9.64. The highest BCUT2D eigenvalue weighted by atomic mass is 32.2. The first kappa shape index (κ1) is 12.9. The van der Waals surface area contributed by atoms with Crippen LogP contribution in [0.25, 0.3) is 0 Å². The van der Waals surface area contributed by atoms with Crippen LogP contribution in [0.2, 0.25) is 0 Å². The summed E-state index contributed by atoms with van der Waals surface area (Å²) < 4.78 is 0.988. The second kappa shape index (κ2) is 5.25. The van der Waals surface area contributed by atoms with Crippen LogP contribution in [0.4, 0.5) is 0 Å². The molecule has 0 amide bonds. The molecule has 1 aromatic heterocycles. The smallest absolute Gasteiger partial charge is 0.174 e. The van der Waals surface area contributed by atoms with E-state index >= 15 is 0 Å². The van der Waals surface area contributed by atoms with E-state index in [1.165, 1.54) is 0 Å². The van der Waals surface area contributed by atoms with Crippen molar-refractivity contribution in [1.29, 1.82) is 0 Å². The number of hydrogen-bond acceptors (Lipinski definition) is 6. The summed E-state index contributed by atoms with van der Waals surface area (Å²) in [6.45, 7) is 4.97. The van der Waals surface area contributed by atoms with Crippen molar-refractivity contribution >= 4 is 23.1 Å². The fourth-order valence-electron chi connectivity index (χ4n) is 1.33. The Bertz CT molecular complexity index is 309. The zero-order chi connectivity index (χ0) is 11.5. The van der Waals surface area contributed by atoms with Gasteiger partial charge in [0.05, 0.1) is 12.1 Å². The Morgan fingerprint density at radius 1 is 1.47 bits per heavy atom. The quantitative estimate of drug-likeness (QED) is 0.798. The van der Waals surface area contributed by atoms with Gasteiger partial charge in [-0.15, -0.1) is 10.2 Å². The monoisotopic (exact) mass is 247 g/mol. The highest BCUT2D eigenvalue weighted by Gasteiger charge is 2.16. The van der Waals surface area contributed by atoms with Crippen molar-refractivity contribution in [2.45, 2.75) is 30.3 Å². The molecule has 15 heavy (non-hydrogen) atoms. The number of thioether (sulfide) groups is 1. The van der Waals surface area contributed by atoms with Gasteiger partial charge in [-0.05, 0) is 27.2 Å². The molecule has 0 aromatic carbocycles. The van der Waals surface area contributed by atoms with E-state index in [0.29, 0.717) is 6.54 Å². The van der Waals surface area contributed by atoms with Gasteiger partial charge in [-0.1, -0.05) is 23.1 Å². The maximum atomic E-state index is 9.64. The number of hydrogen-bond donors (Lipinski definition) is 1. The van der Waals surface area contributed by atoms with Crippen molar-refractivity contribution in [1.82, 2.24) is 15.1 Å². The molecule has 0 atom stereocenters. The van der Waals surface area contributed by atoms with Crippen LogP contribution in [-0.2, 0) is 6.54 Å². The van der Waals surface area contributed by atoms with Gasteiger partial charge in [0.2, 0.25) is 0 Å². The van der Waals surface area contributed by atoms with Gasteiger partial charge >= 0.3 is 0 Å². The minimum absolute atomic E-state index is 0.626. The molecule has 6 heteroatoms. The molecule has 0 fully saturated rings. The largest absolute Gasteiger partial charge is 0.389 e. The molecule has 0 saturated heterocycles. The number of nitrogens with zero attached hydrogens (tertiary/aromatic N) is 3. The first-order chi connectivity index (χ1) is 6.90. The molecule has 1 N–H and O–H groups in total. The van der Waals surface area contributed by atoms with E-state index in [-0.39, 0.29) is 0 Å². The van der Waals surface area contributed by atoms with Gasteiger partial charge in [0.1, 0.15) is 5.01 Å². The first-order valence-corrected chi connectivity index (χ1v) is 6.72. The Hall–Kier alpha value is -0.170. The zero-order valence-corrected chi connectivity index (χ0v) is 11.2. The second-order valence-electron chi connectivity index (χ2n) is 4.15. The van der Waals surface area contributed by atoms with Gasteiger partial charge in [-0.2, -0.15) is 0 Å². The molecule has 0 bridgehead atoms. The minimum Gasteiger partial charge on any atom is -0.389 e. The van der Waals surface area contributed by atoms with E-state index in [9.17, 15) is 5.11 Å². The third-order valence-corrected chi connectivity index (χ3v) is 3.57. The summed E-state index contributed by atoms with van der Waals surface area (Å²) in [5.74, 6) is 0. The standard InChI is InChI=1S/C9H17N3OS2/c1-9(2,13)6-12(3)5-7-10-11-8(14-4)15-7/h13H,5-6H2,1-4H3. The lowest BCUT2D eigenvalue weighted by molar-refractivity contribution is 0.0424. The van der Waals surface area contributed by atoms with Crippen LogP contribution in [0, 0.1) is 0 Å². The molecular weight excluding hydrogens is 230 g/mol. The molecule has 0 radical (unpaired) electrons. The van der Waals surface area contributed by atoms with Crippen LogP contribution < -0.4 is 0 Å². The lowest BCUT2D eigenvalue weighted by Gasteiger charge is -2.24. The lowest BCUT2D eigenvalue weighted by atomic mass is 10.1. The van der Waals surface area contributed by atoms with Crippen LogP contribution in [0.5, 0.6) is 0 Å². The van der Waals surface area contributed by atoms with Gasteiger partial charge in [0.15, 0.2) is 4.34 Å². The van der Waals surface area contributed by atoms with Gasteiger partial charge in [-0.25, -0.2) is 0 Å². The summed E-state index contributed by atoms with van der Waals surface area (Å²) in [5.41, 5.74) is -0.665. The summed E-state index contributed by atoms with van der Waals surface area (Å²) in [4.78, 5) is 2.05. The van der Waals surface area contributed by atoms with Gasteiger partial charge in [-0.3, -0.25) is 4.90 Å². The average molecular weight is 247 g/mol. The van der Waals surface area contributed by atoms with Crippen LogP contribution in [0.15, 0.2) is 4.34 Å². The Morgan fingerprint density at radius 3 is 2.60 bits per heavy atom. The highest BCUT2D eigenvalue weighted by molar-refractivity contribution is 8.00. The molecule has 1 rings (SSSR count). The van der Waals surface area contributed by atoms with E-state index in [1.807, 2.05) is 18.2 Å². The van der Waals surface area contributed by atoms with E-state index in [0.717, 1.165) is 15.9 Å².